The molecule has 4 aromatic rings. The van der Waals surface area contributed by atoms with E-state index in [1.54, 1.807) is 0 Å². The fourth-order valence-corrected chi connectivity index (χ4v) is 5.24. The zero-order valence-electron chi connectivity index (χ0n) is 20.3. The van der Waals surface area contributed by atoms with Crippen molar-refractivity contribution >= 4 is 46.0 Å². The summed E-state index contributed by atoms with van der Waals surface area (Å²) in [6, 6.07) is 10.9. The number of carboxylic acid groups (broad SMARTS) is 1. The average Bonchev–Trinajstić information content (AvgIpc) is 3.32. The highest BCUT2D eigenvalue weighted by Crippen LogP contribution is 2.55. The zero-order chi connectivity index (χ0) is 30.5. The van der Waals surface area contributed by atoms with Gasteiger partial charge in [0.2, 0.25) is 5.91 Å². The third kappa shape index (κ3) is 5.10. The molecule has 41 heavy (non-hydrogen) atoms. The number of carboxylic acids is 1. The molecule has 1 aromatic heterocycles. The standard InChI is InChI=1S/C27H17Cl2F7N2O3/c28-16-7-5-15(6-8-16)24(29,20-12-38-21-17(20)2-1-3-18(21)23(40)41)11-14-10-13(22(37)39)4-9-19(14)25(30,26(31,32)33)27(34,35)36/h1-10,12,38H,11H2,(H2,37,39)(H,40,41). The van der Waals surface area contributed by atoms with E-state index in [0.717, 1.165) is 0 Å². The Hall–Kier alpha value is -3.77. The lowest BCUT2D eigenvalue weighted by Gasteiger charge is -2.34. The number of hydrogen-bond donors (Lipinski definition) is 3. The molecule has 0 radical (unpaired) electrons. The summed E-state index contributed by atoms with van der Waals surface area (Å²) < 4.78 is 98.4. The van der Waals surface area contributed by atoms with Gasteiger partial charge in [-0.25, -0.2) is 9.18 Å². The predicted octanol–water partition coefficient (Wildman–Crippen LogP) is 7.63. The van der Waals surface area contributed by atoms with Crippen LogP contribution in [0.5, 0.6) is 0 Å². The Labute approximate surface area is 236 Å². The second-order valence-electron chi connectivity index (χ2n) is 9.11. The van der Waals surface area contributed by atoms with Crippen molar-refractivity contribution in [2.45, 2.75) is 29.3 Å². The van der Waals surface area contributed by atoms with E-state index in [0.29, 0.717) is 12.1 Å². The van der Waals surface area contributed by atoms with Gasteiger partial charge in [0.25, 0.3) is 0 Å². The van der Waals surface area contributed by atoms with E-state index in [-0.39, 0.29) is 38.7 Å². The minimum Gasteiger partial charge on any atom is -0.478 e. The number of aromatic nitrogens is 1. The Balaban J connectivity index is 2.07. The Morgan fingerprint density at radius 3 is 2.02 bits per heavy atom. The molecule has 0 spiro atoms. The highest BCUT2D eigenvalue weighted by Gasteiger charge is 2.74. The van der Waals surface area contributed by atoms with E-state index in [9.17, 15) is 41.0 Å². The molecule has 0 saturated heterocycles. The van der Waals surface area contributed by atoms with Gasteiger partial charge < -0.3 is 15.8 Å². The van der Waals surface area contributed by atoms with Gasteiger partial charge in [-0.05, 0) is 41.5 Å². The molecule has 1 atom stereocenters. The smallest absolute Gasteiger partial charge is 0.435 e. The van der Waals surface area contributed by atoms with E-state index in [1.165, 1.54) is 48.7 Å². The number of amides is 1. The maximum absolute atomic E-state index is 15.4. The van der Waals surface area contributed by atoms with Crippen LogP contribution in [0.25, 0.3) is 10.9 Å². The molecular weight excluding hydrogens is 604 g/mol. The van der Waals surface area contributed by atoms with Crippen molar-refractivity contribution in [3.05, 3.63) is 105 Å². The lowest BCUT2D eigenvalue weighted by atomic mass is 9.80. The van der Waals surface area contributed by atoms with Crippen LogP contribution < -0.4 is 5.73 Å². The number of nitrogens with one attached hydrogen (secondary N) is 1. The fourth-order valence-electron chi connectivity index (χ4n) is 4.69. The first-order chi connectivity index (χ1) is 18.9. The highest BCUT2D eigenvalue weighted by atomic mass is 35.5. The second kappa shape index (κ2) is 10.3. The quantitative estimate of drug-likeness (QED) is 0.146. The van der Waals surface area contributed by atoms with Gasteiger partial charge in [-0.15, -0.1) is 11.6 Å². The van der Waals surface area contributed by atoms with Crippen LogP contribution >= 0.6 is 23.2 Å². The number of aromatic amines is 1. The van der Waals surface area contributed by atoms with Crippen molar-refractivity contribution in [3.8, 4) is 0 Å². The lowest BCUT2D eigenvalue weighted by molar-refractivity contribution is -0.348. The summed E-state index contributed by atoms with van der Waals surface area (Å²) >= 11 is 13.1. The summed E-state index contributed by atoms with van der Waals surface area (Å²) in [5.41, 5.74) is -3.88. The van der Waals surface area contributed by atoms with Crippen molar-refractivity contribution in [3.63, 3.8) is 0 Å². The van der Waals surface area contributed by atoms with Gasteiger partial charge in [0, 0.05) is 39.7 Å². The fraction of sp³-hybridized carbons (Fsp3) is 0.185. The minimum atomic E-state index is -6.46. The van der Waals surface area contributed by atoms with E-state index < -0.39 is 57.9 Å². The molecule has 0 aliphatic heterocycles. The Morgan fingerprint density at radius 1 is 0.878 bits per heavy atom. The van der Waals surface area contributed by atoms with E-state index >= 15 is 4.39 Å². The lowest BCUT2D eigenvalue weighted by Crippen LogP contribution is -2.51. The van der Waals surface area contributed by atoms with Crippen LogP contribution in [0, 0.1) is 0 Å². The van der Waals surface area contributed by atoms with Crippen LogP contribution in [0.15, 0.2) is 66.9 Å². The van der Waals surface area contributed by atoms with Gasteiger partial charge in [-0.1, -0.05) is 41.9 Å². The first kappa shape index (κ1) is 30.2. The minimum absolute atomic E-state index is 0.0403. The molecule has 216 valence electrons. The molecule has 0 aliphatic carbocycles. The molecule has 0 bridgehead atoms. The number of carbonyl (C=O) groups is 2. The number of carbonyl (C=O) groups excluding carboxylic acids is 1. The molecule has 0 fully saturated rings. The predicted molar refractivity (Wildman–Crippen MR) is 137 cm³/mol. The normalized spacial score (nSPS) is 14.2. The van der Waals surface area contributed by atoms with Crippen LogP contribution in [-0.4, -0.2) is 34.3 Å². The number of alkyl halides is 8. The maximum Gasteiger partial charge on any atom is 0.435 e. The number of benzene rings is 3. The van der Waals surface area contributed by atoms with E-state index in [2.05, 4.69) is 4.98 Å². The average molecular weight is 621 g/mol. The van der Waals surface area contributed by atoms with Gasteiger partial charge in [0.1, 0.15) is 4.87 Å². The molecule has 0 saturated carbocycles. The van der Waals surface area contributed by atoms with Gasteiger partial charge in [0.05, 0.1) is 11.1 Å². The van der Waals surface area contributed by atoms with Gasteiger partial charge in [-0.3, -0.25) is 4.79 Å². The summed E-state index contributed by atoms with van der Waals surface area (Å²) in [5.74, 6) is -2.53. The molecule has 5 nitrogen and oxygen atoms in total. The number of rotatable bonds is 7. The van der Waals surface area contributed by atoms with Gasteiger partial charge >= 0.3 is 24.0 Å². The summed E-state index contributed by atoms with van der Waals surface area (Å²) in [5, 5.41) is 9.96. The summed E-state index contributed by atoms with van der Waals surface area (Å²) in [6.07, 6.45) is -12.6. The number of H-pyrrole nitrogens is 1. The third-order valence-electron chi connectivity index (χ3n) is 6.65. The van der Waals surface area contributed by atoms with E-state index in [1.807, 2.05) is 0 Å². The summed E-state index contributed by atoms with van der Waals surface area (Å²) in [6.45, 7) is 0. The highest BCUT2D eigenvalue weighted by molar-refractivity contribution is 6.31. The SMILES string of the molecule is NC(=O)c1ccc(C(F)(C(F)(F)F)C(F)(F)F)c(CC(Cl)(c2ccc(Cl)cc2)c2c[nH]c3c(C(=O)O)cccc23)c1. The molecule has 1 amide bonds. The molecule has 1 unspecified atom stereocenters. The van der Waals surface area contributed by atoms with Crippen LogP contribution in [0.1, 0.15) is 43.0 Å². The van der Waals surface area contributed by atoms with Crippen molar-refractivity contribution in [1.29, 1.82) is 0 Å². The van der Waals surface area contributed by atoms with Crippen molar-refractivity contribution in [1.82, 2.24) is 4.98 Å². The summed E-state index contributed by atoms with van der Waals surface area (Å²) in [4.78, 5) is 24.3. The Morgan fingerprint density at radius 2 is 1.49 bits per heavy atom. The van der Waals surface area contributed by atoms with Crippen LogP contribution in [0.4, 0.5) is 30.7 Å². The Kier molecular flexibility index (Phi) is 7.55. The zero-order valence-corrected chi connectivity index (χ0v) is 21.8. The molecule has 1 heterocycles. The number of hydrogen-bond acceptors (Lipinski definition) is 2. The molecule has 4 N–H and O–H groups in total. The number of fused-ring (bicyclic) bond motifs is 1. The first-order valence-corrected chi connectivity index (χ1v) is 12.2. The summed E-state index contributed by atoms with van der Waals surface area (Å²) in [7, 11) is 0. The largest absolute Gasteiger partial charge is 0.478 e. The molecule has 3 aromatic carbocycles. The first-order valence-electron chi connectivity index (χ1n) is 11.5. The van der Waals surface area contributed by atoms with Crippen molar-refractivity contribution in [2.75, 3.05) is 0 Å². The monoisotopic (exact) mass is 620 g/mol. The van der Waals surface area contributed by atoms with Gasteiger partial charge in [-0.2, -0.15) is 26.3 Å². The Bertz CT molecular complexity index is 1640. The number of halogens is 9. The molecule has 4 rings (SSSR count). The topological polar surface area (TPSA) is 96.2 Å². The molecular formula is C27H17Cl2F7N2O3. The number of para-hydroxylation sites is 1. The van der Waals surface area contributed by atoms with Crippen LogP contribution in [-0.2, 0) is 17.0 Å². The number of aromatic carboxylic acids is 1. The molecule has 0 aliphatic rings. The third-order valence-corrected chi connectivity index (χ3v) is 7.46. The number of primary amides is 1. The van der Waals surface area contributed by atoms with Crippen LogP contribution in [0.3, 0.4) is 0 Å². The van der Waals surface area contributed by atoms with Gasteiger partial charge in [0.15, 0.2) is 0 Å². The maximum atomic E-state index is 15.4. The van der Waals surface area contributed by atoms with E-state index in [4.69, 9.17) is 28.9 Å². The second-order valence-corrected chi connectivity index (χ2v) is 10.2. The number of nitrogens with two attached hydrogens (primary N) is 1. The van der Waals surface area contributed by atoms with Crippen molar-refractivity contribution < 1.29 is 45.4 Å². The van der Waals surface area contributed by atoms with Crippen molar-refractivity contribution in [2.24, 2.45) is 5.73 Å². The molecule has 14 heteroatoms. The van der Waals surface area contributed by atoms with Crippen LogP contribution in [0.2, 0.25) is 5.02 Å².